The Bertz CT molecular complexity index is 27.0. The van der Waals surface area contributed by atoms with Crippen molar-refractivity contribution in [2.75, 3.05) is 0 Å². The van der Waals surface area contributed by atoms with E-state index >= 15 is 0 Å². The first-order valence-electron chi connectivity index (χ1n) is 0.408. The Kier molecular flexibility index (Phi) is 21.8. The number of rotatable bonds is 0. The van der Waals surface area contributed by atoms with Crippen LogP contribution in [-0.2, 0) is 28.4 Å². The molecule has 0 atom stereocenters. The fourth-order valence-electron chi connectivity index (χ4n) is 0. The predicted octanol–water partition coefficient (Wildman–Crippen LogP) is -0.621. The molecule has 0 aliphatic rings. The van der Waals surface area contributed by atoms with E-state index in [-0.39, 0.29) is 19.5 Å². The summed E-state index contributed by atoms with van der Waals surface area (Å²) in [6.07, 6.45) is 0. The van der Waals surface area contributed by atoms with E-state index in [1.165, 1.54) is 0 Å². The second-order valence-corrected chi connectivity index (χ2v) is 0.250. The molecule has 0 aliphatic heterocycles. The first-order chi connectivity index (χ1) is 1.41. The number of hydrogen-bond acceptors (Lipinski definition) is 2. The largest absolute Gasteiger partial charge is 0.549 e. The summed E-state index contributed by atoms with van der Waals surface area (Å²) in [7, 11) is -1.42. The van der Waals surface area contributed by atoms with E-state index in [9.17, 15) is 0 Å². The molecule has 0 saturated carbocycles. The summed E-state index contributed by atoms with van der Waals surface area (Å²) in [5.41, 5.74) is 0. The zero-order chi connectivity index (χ0) is 2.71. The molecule has 0 rings (SSSR count). The average Bonchev–Trinajstić information content (AvgIpc) is 0.918. The summed E-state index contributed by atoms with van der Waals surface area (Å²) in [4.78, 5) is 0. The molecule has 0 aromatic heterocycles. The first-order valence-corrected chi connectivity index (χ1v) is 1.22. The Hall–Kier alpha value is 0.440. The Labute approximate surface area is 38.3 Å². The molecule has 0 radical (unpaired) electrons. The summed E-state index contributed by atoms with van der Waals surface area (Å²) in [5.74, 6) is 0. The minimum atomic E-state index is -1.42. The van der Waals surface area contributed by atoms with Gasteiger partial charge < -0.3 is 0 Å². The molecule has 0 heterocycles. The van der Waals surface area contributed by atoms with Crippen molar-refractivity contribution in [1.29, 1.82) is 0 Å². The smallest absolute Gasteiger partial charge is 0.274 e. The second-order valence-electron chi connectivity index (χ2n) is 0.0833. The summed E-state index contributed by atoms with van der Waals surface area (Å²) in [6.45, 7) is 0. The standard InChI is InChI=1S/O2Si.Zn/c1-3-2;. The van der Waals surface area contributed by atoms with Gasteiger partial charge in [-0.15, -0.1) is 0 Å². The average molecular weight is 125 g/mol. The van der Waals surface area contributed by atoms with Gasteiger partial charge in [-0.05, 0) is 0 Å². The van der Waals surface area contributed by atoms with Crippen molar-refractivity contribution < 1.29 is 28.4 Å². The quantitative estimate of drug-likeness (QED) is 0.405. The summed E-state index contributed by atoms with van der Waals surface area (Å²) in [6, 6.07) is 0. The van der Waals surface area contributed by atoms with Gasteiger partial charge in [0.1, 0.15) is 0 Å². The van der Waals surface area contributed by atoms with Gasteiger partial charge in [-0.3, -0.25) is 8.92 Å². The molecule has 0 aromatic rings. The van der Waals surface area contributed by atoms with Gasteiger partial charge in [0.25, 0.3) is 0 Å². The van der Waals surface area contributed by atoms with E-state index in [2.05, 4.69) is 0 Å². The van der Waals surface area contributed by atoms with Crippen LogP contribution in [0.3, 0.4) is 0 Å². The van der Waals surface area contributed by atoms with Crippen LogP contribution in [0.15, 0.2) is 0 Å². The number of hydrogen-bond donors (Lipinski definition) is 0. The van der Waals surface area contributed by atoms with Crippen LogP contribution in [-0.4, -0.2) is 9.29 Å². The third kappa shape index (κ3) is 26.1. The molecular weight excluding hydrogens is 125 g/mol. The fraction of sp³-hybridized carbons (Fsp3) is 0. The van der Waals surface area contributed by atoms with Gasteiger partial charge in [0.05, 0.1) is 0 Å². The van der Waals surface area contributed by atoms with Crippen LogP contribution in [0.1, 0.15) is 0 Å². The van der Waals surface area contributed by atoms with Crippen LogP contribution in [0.5, 0.6) is 0 Å². The molecule has 0 unspecified atom stereocenters. The molecule has 0 fully saturated rings. The zero-order valence-electron chi connectivity index (χ0n) is 2.02. The van der Waals surface area contributed by atoms with Crippen molar-refractivity contribution in [2.45, 2.75) is 0 Å². The van der Waals surface area contributed by atoms with E-state index in [1.54, 1.807) is 0 Å². The molecule has 0 aromatic carbocycles. The van der Waals surface area contributed by atoms with Gasteiger partial charge in [-0.25, -0.2) is 0 Å². The van der Waals surface area contributed by atoms with Gasteiger partial charge in [0, 0.05) is 19.5 Å². The molecular formula is O2SiZn. The molecule has 0 amide bonds. The predicted molar refractivity (Wildman–Crippen MR) is 7.13 cm³/mol. The maximum Gasteiger partial charge on any atom is 0.549 e. The van der Waals surface area contributed by atoms with E-state index in [4.69, 9.17) is 8.92 Å². The minimum Gasteiger partial charge on any atom is -0.274 e. The van der Waals surface area contributed by atoms with E-state index in [0.29, 0.717) is 0 Å². The van der Waals surface area contributed by atoms with Crippen molar-refractivity contribution in [3.63, 3.8) is 0 Å². The van der Waals surface area contributed by atoms with Crippen LogP contribution in [0.2, 0.25) is 0 Å². The monoisotopic (exact) mass is 124 g/mol. The van der Waals surface area contributed by atoms with Crippen molar-refractivity contribution >= 4 is 9.29 Å². The van der Waals surface area contributed by atoms with Crippen LogP contribution < -0.4 is 0 Å². The third-order valence-electron chi connectivity index (χ3n) is 0. The van der Waals surface area contributed by atoms with Crippen molar-refractivity contribution in [1.82, 2.24) is 0 Å². The van der Waals surface area contributed by atoms with Crippen molar-refractivity contribution in [2.24, 2.45) is 0 Å². The molecule has 0 saturated heterocycles. The molecule has 0 N–H and O–H groups in total. The molecule has 0 spiro atoms. The van der Waals surface area contributed by atoms with E-state index in [0.717, 1.165) is 0 Å². The maximum absolute atomic E-state index is 8.40. The van der Waals surface area contributed by atoms with Crippen molar-refractivity contribution in [3.8, 4) is 0 Å². The Morgan fingerprint density at radius 3 is 1.25 bits per heavy atom. The molecule has 4 heteroatoms. The normalized spacial score (nSPS) is 2.00. The minimum absolute atomic E-state index is 0. The molecule has 0 bridgehead atoms. The van der Waals surface area contributed by atoms with Gasteiger partial charge in [-0.2, -0.15) is 0 Å². The van der Waals surface area contributed by atoms with E-state index in [1.807, 2.05) is 0 Å². The second kappa shape index (κ2) is 9.88. The van der Waals surface area contributed by atoms with Gasteiger partial charge in [-0.1, -0.05) is 0 Å². The van der Waals surface area contributed by atoms with Crippen LogP contribution in [0.25, 0.3) is 0 Å². The molecule has 4 heavy (non-hydrogen) atoms. The Balaban J connectivity index is 0. The topological polar surface area (TPSA) is 34.1 Å². The van der Waals surface area contributed by atoms with E-state index < -0.39 is 9.29 Å². The summed E-state index contributed by atoms with van der Waals surface area (Å²) in [5, 5.41) is 0. The van der Waals surface area contributed by atoms with Crippen LogP contribution in [0, 0.1) is 0 Å². The summed E-state index contributed by atoms with van der Waals surface area (Å²) >= 11 is 0. The molecule has 18 valence electrons. The summed E-state index contributed by atoms with van der Waals surface area (Å²) < 4.78 is 16.8. The van der Waals surface area contributed by atoms with Gasteiger partial charge >= 0.3 is 9.29 Å². The van der Waals surface area contributed by atoms with Crippen LogP contribution in [0.4, 0.5) is 0 Å². The molecule has 0 aliphatic carbocycles. The van der Waals surface area contributed by atoms with Gasteiger partial charge in [0.2, 0.25) is 0 Å². The SMILES string of the molecule is O=[Si]=O.[Zn]. The Morgan fingerprint density at radius 1 is 1.25 bits per heavy atom. The Morgan fingerprint density at radius 2 is 1.25 bits per heavy atom. The van der Waals surface area contributed by atoms with Crippen LogP contribution >= 0.6 is 0 Å². The van der Waals surface area contributed by atoms with Crippen molar-refractivity contribution in [3.05, 3.63) is 0 Å². The van der Waals surface area contributed by atoms with Gasteiger partial charge in [0.15, 0.2) is 0 Å². The first kappa shape index (κ1) is 8.83. The maximum atomic E-state index is 8.40. The third-order valence-corrected chi connectivity index (χ3v) is 0. The zero-order valence-corrected chi connectivity index (χ0v) is 5.99. The molecule has 2 nitrogen and oxygen atoms in total. The fourth-order valence-corrected chi connectivity index (χ4v) is 0.